The van der Waals surface area contributed by atoms with Gasteiger partial charge in [0, 0.05) is 63.8 Å². The van der Waals surface area contributed by atoms with Crippen LogP contribution in [0.5, 0.6) is 0 Å². The fourth-order valence-electron chi connectivity index (χ4n) is 0. The monoisotopic (exact) mass is 393 g/mol. The largest absolute Gasteiger partial charge is 0.118 e. The minimum absolute atomic E-state index is 0. The summed E-state index contributed by atoms with van der Waals surface area (Å²) in [7, 11) is 4.67. The molecule has 0 amide bonds. The Morgan fingerprint density at radius 2 is 1.00 bits per heavy atom. The SMILES string of the molecule is PP.[U].[Y]. The number of rotatable bonds is 0. The standard InChI is InChI=1S/H4P2.U.Y/c1-2;;/h1-2H2;;. The molecule has 0 heterocycles. The maximum atomic E-state index is 2.33. The van der Waals surface area contributed by atoms with Crippen LogP contribution in [0.4, 0.5) is 0 Å². The van der Waals surface area contributed by atoms with Gasteiger partial charge in [0.15, 0.2) is 0 Å². The van der Waals surface area contributed by atoms with Crippen LogP contribution in [0, 0.1) is 31.1 Å². The molecule has 0 fully saturated rings. The molecule has 0 aromatic carbocycles. The topological polar surface area (TPSA) is 0 Å². The number of hydrogen-bond donors (Lipinski definition) is 0. The number of hydrogen-bond acceptors (Lipinski definition) is 0. The summed E-state index contributed by atoms with van der Waals surface area (Å²) in [5, 5.41) is 0. The van der Waals surface area contributed by atoms with Gasteiger partial charge >= 0.3 is 0 Å². The average molecular weight is 393 g/mol. The van der Waals surface area contributed by atoms with Crippen LogP contribution in [0.1, 0.15) is 0 Å². The normalized spacial score (nSPS) is 1.50. The molecular formula is H4P2UY. The van der Waals surface area contributed by atoms with E-state index < -0.39 is 0 Å². The van der Waals surface area contributed by atoms with Gasteiger partial charge in [0.2, 0.25) is 0 Å². The van der Waals surface area contributed by atoms with Crippen molar-refractivity contribution in [3.63, 3.8) is 0 Å². The van der Waals surface area contributed by atoms with E-state index in [1.807, 2.05) is 0 Å². The van der Waals surface area contributed by atoms with Crippen LogP contribution in [-0.2, 0) is 32.7 Å². The molecule has 4 heavy (non-hydrogen) atoms. The molecule has 0 aliphatic carbocycles. The van der Waals surface area contributed by atoms with Crippen LogP contribution >= 0.6 is 17.9 Å². The van der Waals surface area contributed by atoms with Crippen molar-refractivity contribution < 1.29 is 63.8 Å². The summed E-state index contributed by atoms with van der Waals surface area (Å²) in [6.07, 6.45) is 0. The van der Waals surface area contributed by atoms with Gasteiger partial charge in [-0.1, -0.05) is 0 Å². The molecule has 0 saturated carbocycles. The van der Waals surface area contributed by atoms with Gasteiger partial charge in [-0.05, 0) is 0 Å². The van der Waals surface area contributed by atoms with Crippen LogP contribution in [0.15, 0.2) is 0 Å². The average Bonchev–Trinajstić information content (AvgIpc) is 1.00. The molecule has 1 radical (unpaired) electrons. The van der Waals surface area contributed by atoms with Gasteiger partial charge in [-0.2, -0.15) is 0 Å². The van der Waals surface area contributed by atoms with Crippen molar-refractivity contribution in [2.75, 3.05) is 0 Å². The van der Waals surface area contributed by atoms with E-state index in [2.05, 4.69) is 17.9 Å². The van der Waals surface area contributed by atoms with Crippen LogP contribution in [0.2, 0.25) is 0 Å². The minimum Gasteiger partial charge on any atom is -0.118 e. The summed E-state index contributed by atoms with van der Waals surface area (Å²) in [6, 6.07) is 0. The molecule has 0 spiro atoms. The first-order valence-electron chi connectivity index (χ1n) is 0.333. The van der Waals surface area contributed by atoms with E-state index in [1.54, 1.807) is 0 Å². The van der Waals surface area contributed by atoms with Crippen molar-refractivity contribution in [3.8, 4) is 0 Å². The van der Waals surface area contributed by atoms with Gasteiger partial charge < -0.3 is 0 Å². The second-order valence-corrected chi connectivity index (χ2v) is 0. The first-order chi connectivity index (χ1) is 1.00. The Bertz CT molecular complexity index is 6.00. The fourth-order valence-corrected chi connectivity index (χ4v) is 0. The fraction of sp³-hybridized carbons (Fsp3) is 0. The molecule has 2 atom stereocenters. The Balaban J connectivity index is -0.00000000500. The van der Waals surface area contributed by atoms with Crippen LogP contribution in [0.3, 0.4) is 0 Å². The summed E-state index contributed by atoms with van der Waals surface area (Å²) in [6.45, 7) is 0. The van der Waals surface area contributed by atoms with Crippen molar-refractivity contribution in [1.82, 2.24) is 0 Å². The Morgan fingerprint density at radius 1 is 1.00 bits per heavy atom. The molecule has 21 valence electrons. The third-order valence-corrected chi connectivity index (χ3v) is 0. The Morgan fingerprint density at radius 3 is 1.00 bits per heavy atom. The van der Waals surface area contributed by atoms with Gasteiger partial charge in [-0.15, -0.1) is 17.9 Å². The zero-order valence-corrected chi connectivity index (χ0v) is 11.5. The Hall–Kier alpha value is 3.02. The molecule has 0 aliphatic heterocycles. The van der Waals surface area contributed by atoms with Crippen molar-refractivity contribution >= 4 is 17.9 Å². The smallest absolute Gasteiger partial charge is 0 e. The molecule has 4 heteroatoms. The molecular weight excluding hydrogens is 389 g/mol. The van der Waals surface area contributed by atoms with Crippen LogP contribution in [0.25, 0.3) is 0 Å². The quantitative estimate of drug-likeness (QED) is 0.531. The summed E-state index contributed by atoms with van der Waals surface area (Å²) in [4.78, 5) is 0. The minimum atomic E-state index is 0. The predicted molar refractivity (Wildman–Crippen MR) is 19.4 cm³/mol. The molecule has 2 unspecified atom stereocenters. The zero-order chi connectivity index (χ0) is 2.00. The summed E-state index contributed by atoms with van der Waals surface area (Å²) in [5.41, 5.74) is 0. The Labute approximate surface area is 80.2 Å². The van der Waals surface area contributed by atoms with Crippen molar-refractivity contribution in [3.05, 3.63) is 0 Å². The summed E-state index contributed by atoms with van der Waals surface area (Å²) in [5.74, 6) is 0. The maximum Gasteiger partial charge on any atom is 0 e. The predicted octanol–water partition coefficient (Wildman–Crippen LogP) is 0.649. The van der Waals surface area contributed by atoms with E-state index in [9.17, 15) is 0 Å². The zero-order valence-electron chi connectivity index (χ0n) is 2.23. The third-order valence-electron chi connectivity index (χ3n) is 0. The van der Waals surface area contributed by atoms with Gasteiger partial charge in [0.1, 0.15) is 0 Å². The second kappa shape index (κ2) is 16.6. The van der Waals surface area contributed by atoms with Crippen molar-refractivity contribution in [2.45, 2.75) is 0 Å². The van der Waals surface area contributed by atoms with Gasteiger partial charge in [-0.3, -0.25) is 0 Å². The van der Waals surface area contributed by atoms with Gasteiger partial charge in [0.25, 0.3) is 0 Å². The van der Waals surface area contributed by atoms with Gasteiger partial charge in [0.05, 0.1) is 0 Å². The van der Waals surface area contributed by atoms with E-state index in [1.165, 1.54) is 0 Å². The van der Waals surface area contributed by atoms with E-state index in [-0.39, 0.29) is 63.8 Å². The maximum absolute atomic E-state index is 2.33. The molecule has 0 aromatic heterocycles. The van der Waals surface area contributed by atoms with Crippen LogP contribution in [-0.4, -0.2) is 0 Å². The molecule has 0 saturated heterocycles. The van der Waals surface area contributed by atoms with E-state index in [0.717, 1.165) is 0 Å². The van der Waals surface area contributed by atoms with Crippen molar-refractivity contribution in [2.24, 2.45) is 0 Å². The van der Waals surface area contributed by atoms with Crippen molar-refractivity contribution in [1.29, 1.82) is 0 Å². The first kappa shape index (κ1) is 15.7. The van der Waals surface area contributed by atoms with E-state index in [0.29, 0.717) is 0 Å². The van der Waals surface area contributed by atoms with Crippen LogP contribution < -0.4 is 0 Å². The molecule has 0 aromatic rings. The second-order valence-electron chi connectivity index (χ2n) is 0. The molecule has 0 nitrogen and oxygen atoms in total. The molecule has 0 aliphatic rings. The Kier molecular flexibility index (Phi) is 65.5. The summed E-state index contributed by atoms with van der Waals surface area (Å²) < 4.78 is 0. The first-order valence-corrected chi connectivity index (χ1v) is 3.00. The molecule has 0 bridgehead atoms. The molecule has 0 N–H and O–H groups in total. The third kappa shape index (κ3) is 8.89. The van der Waals surface area contributed by atoms with Gasteiger partial charge in [-0.25, -0.2) is 0 Å². The summed E-state index contributed by atoms with van der Waals surface area (Å²) >= 11 is 0. The molecule has 0 rings (SSSR count). The van der Waals surface area contributed by atoms with E-state index >= 15 is 0 Å². The van der Waals surface area contributed by atoms with E-state index in [4.69, 9.17) is 0 Å².